The lowest BCUT2D eigenvalue weighted by Crippen LogP contribution is -1.91. The van der Waals surface area contributed by atoms with E-state index in [4.69, 9.17) is 4.74 Å². The normalized spacial score (nSPS) is 8.82. The molecule has 1 aromatic rings. The molecule has 0 spiro atoms. The highest BCUT2D eigenvalue weighted by molar-refractivity contribution is 5.45. The second kappa shape index (κ2) is 3.55. The molecule has 0 aliphatic rings. The second-order valence-corrected chi connectivity index (χ2v) is 1.75. The summed E-state index contributed by atoms with van der Waals surface area (Å²) in [5.41, 5.74) is 0. The van der Waals surface area contributed by atoms with Gasteiger partial charge >= 0.3 is 0 Å². The number of rotatable bonds is 3. The zero-order valence-corrected chi connectivity index (χ0v) is 5.98. The molecule has 0 bridgehead atoms. The van der Waals surface area contributed by atoms with Crippen LogP contribution in [0.25, 0.3) is 0 Å². The Morgan fingerprint density at radius 2 is 2.45 bits per heavy atom. The van der Waals surface area contributed by atoms with Crippen LogP contribution in [-0.4, -0.2) is 18.6 Å². The van der Waals surface area contributed by atoms with Crippen molar-refractivity contribution in [1.82, 2.24) is 4.98 Å². The lowest BCUT2D eigenvalue weighted by Gasteiger charge is -1.99. The molecular formula is C7H7NO3. The first-order chi connectivity index (χ1) is 5.36. The van der Waals surface area contributed by atoms with Gasteiger partial charge in [0.15, 0.2) is 0 Å². The van der Waals surface area contributed by atoms with Gasteiger partial charge in [-0.05, 0) is 6.07 Å². The molecule has 0 saturated carbocycles. The SMILES string of the molecule is COc1cc(OC=O)ccn1. The Morgan fingerprint density at radius 1 is 1.64 bits per heavy atom. The average molecular weight is 153 g/mol. The molecule has 0 aliphatic heterocycles. The van der Waals surface area contributed by atoms with Crippen molar-refractivity contribution in [3.63, 3.8) is 0 Å². The van der Waals surface area contributed by atoms with Crippen LogP contribution in [0.1, 0.15) is 0 Å². The Kier molecular flexibility index (Phi) is 2.43. The van der Waals surface area contributed by atoms with E-state index in [9.17, 15) is 4.79 Å². The van der Waals surface area contributed by atoms with Crippen LogP contribution in [0.2, 0.25) is 0 Å². The number of hydrogen-bond acceptors (Lipinski definition) is 4. The average Bonchev–Trinajstić information content (AvgIpc) is 2.06. The van der Waals surface area contributed by atoms with Crippen LogP contribution < -0.4 is 9.47 Å². The van der Waals surface area contributed by atoms with E-state index in [1.54, 1.807) is 6.07 Å². The third-order valence-electron chi connectivity index (χ3n) is 1.10. The fourth-order valence-electron chi connectivity index (χ4n) is 0.632. The minimum absolute atomic E-state index is 0.356. The molecule has 0 N–H and O–H groups in total. The van der Waals surface area contributed by atoms with E-state index in [0.29, 0.717) is 18.1 Å². The summed E-state index contributed by atoms with van der Waals surface area (Å²) in [6, 6.07) is 3.09. The highest BCUT2D eigenvalue weighted by atomic mass is 16.5. The number of nitrogens with zero attached hydrogens (tertiary/aromatic N) is 1. The number of pyridine rings is 1. The van der Waals surface area contributed by atoms with E-state index in [1.165, 1.54) is 19.4 Å². The molecule has 0 unspecified atom stereocenters. The number of carbonyl (C=O) groups is 1. The summed E-state index contributed by atoms with van der Waals surface area (Å²) in [6.07, 6.45) is 1.50. The zero-order valence-electron chi connectivity index (χ0n) is 5.98. The van der Waals surface area contributed by atoms with Gasteiger partial charge in [0.25, 0.3) is 6.47 Å². The standard InChI is InChI=1S/C7H7NO3/c1-10-7-4-6(11-5-9)2-3-8-7/h2-5H,1H3. The van der Waals surface area contributed by atoms with Crippen molar-refractivity contribution < 1.29 is 14.3 Å². The molecule has 0 aliphatic carbocycles. The first kappa shape index (κ1) is 7.53. The molecule has 4 nitrogen and oxygen atoms in total. The smallest absolute Gasteiger partial charge is 0.298 e. The van der Waals surface area contributed by atoms with Crippen molar-refractivity contribution in [3.8, 4) is 11.6 Å². The van der Waals surface area contributed by atoms with Gasteiger partial charge in [-0.15, -0.1) is 0 Å². The molecular weight excluding hydrogens is 146 g/mol. The summed E-state index contributed by atoms with van der Waals surface area (Å²) in [5.74, 6) is 0.844. The fraction of sp³-hybridized carbons (Fsp3) is 0.143. The minimum Gasteiger partial charge on any atom is -0.481 e. The first-order valence-corrected chi connectivity index (χ1v) is 2.97. The Labute approximate surface area is 63.8 Å². The van der Waals surface area contributed by atoms with Crippen LogP contribution in [0.3, 0.4) is 0 Å². The monoisotopic (exact) mass is 153 g/mol. The van der Waals surface area contributed by atoms with Gasteiger partial charge < -0.3 is 9.47 Å². The van der Waals surface area contributed by atoms with E-state index in [0.717, 1.165) is 0 Å². The Morgan fingerprint density at radius 3 is 3.09 bits per heavy atom. The van der Waals surface area contributed by atoms with Crippen molar-refractivity contribution in [3.05, 3.63) is 18.3 Å². The van der Waals surface area contributed by atoms with E-state index in [1.807, 2.05) is 0 Å². The molecule has 0 fully saturated rings. The maximum atomic E-state index is 9.89. The second-order valence-electron chi connectivity index (χ2n) is 1.75. The lowest BCUT2D eigenvalue weighted by molar-refractivity contribution is -0.120. The highest BCUT2D eigenvalue weighted by Gasteiger charge is 1.95. The fourth-order valence-corrected chi connectivity index (χ4v) is 0.632. The summed E-state index contributed by atoms with van der Waals surface area (Å²) in [4.78, 5) is 13.7. The van der Waals surface area contributed by atoms with E-state index >= 15 is 0 Å². The molecule has 0 aromatic carbocycles. The maximum absolute atomic E-state index is 9.89. The topological polar surface area (TPSA) is 48.4 Å². The molecule has 11 heavy (non-hydrogen) atoms. The van der Waals surface area contributed by atoms with Gasteiger partial charge in [-0.3, -0.25) is 4.79 Å². The van der Waals surface area contributed by atoms with Crippen LogP contribution >= 0.6 is 0 Å². The number of hydrogen-bond donors (Lipinski definition) is 0. The quantitative estimate of drug-likeness (QED) is 0.597. The van der Waals surface area contributed by atoms with E-state index < -0.39 is 0 Å². The summed E-state index contributed by atoms with van der Waals surface area (Å²) in [5, 5.41) is 0. The first-order valence-electron chi connectivity index (χ1n) is 2.97. The predicted octanol–water partition coefficient (Wildman–Crippen LogP) is 0.625. The van der Waals surface area contributed by atoms with E-state index in [-0.39, 0.29) is 0 Å². The minimum atomic E-state index is 0.356. The summed E-state index contributed by atoms with van der Waals surface area (Å²) in [7, 11) is 1.49. The molecule has 1 heterocycles. The molecule has 0 atom stereocenters. The van der Waals surface area contributed by atoms with Gasteiger partial charge in [-0.1, -0.05) is 0 Å². The number of aromatic nitrogens is 1. The molecule has 0 radical (unpaired) electrons. The van der Waals surface area contributed by atoms with Gasteiger partial charge in [0.2, 0.25) is 5.88 Å². The van der Waals surface area contributed by atoms with Crippen molar-refractivity contribution in [2.45, 2.75) is 0 Å². The van der Waals surface area contributed by atoms with Crippen molar-refractivity contribution in [2.24, 2.45) is 0 Å². The van der Waals surface area contributed by atoms with Crippen molar-refractivity contribution in [2.75, 3.05) is 7.11 Å². The van der Waals surface area contributed by atoms with Gasteiger partial charge in [0, 0.05) is 12.3 Å². The highest BCUT2D eigenvalue weighted by Crippen LogP contribution is 2.14. The van der Waals surface area contributed by atoms with Crippen LogP contribution in [-0.2, 0) is 4.79 Å². The Hall–Kier alpha value is -1.58. The zero-order chi connectivity index (χ0) is 8.10. The van der Waals surface area contributed by atoms with Crippen LogP contribution in [0.4, 0.5) is 0 Å². The summed E-state index contributed by atoms with van der Waals surface area (Å²) < 4.78 is 9.34. The Bertz CT molecular complexity index is 249. The number of carbonyl (C=O) groups excluding carboxylic acids is 1. The molecule has 4 heteroatoms. The number of methoxy groups -OCH3 is 1. The molecule has 1 rings (SSSR count). The molecule has 0 saturated heterocycles. The largest absolute Gasteiger partial charge is 0.481 e. The van der Waals surface area contributed by atoms with Crippen molar-refractivity contribution >= 4 is 6.47 Å². The third-order valence-corrected chi connectivity index (χ3v) is 1.10. The number of ether oxygens (including phenoxy) is 2. The van der Waals surface area contributed by atoms with Crippen LogP contribution in [0.15, 0.2) is 18.3 Å². The van der Waals surface area contributed by atoms with Gasteiger partial charge in [0.05, 0.1) is 7.11 Å². The predicted molar refractivity (Wildman–Crippen MR) is 37.5 cm³/mol. The maximum Gasteiger partial charge on any atom is 0.298 e. The Balaban J connectivity index is 2.82. The van der Waals surface area contributed by atoms with Gasteiger partial charge in [0.1, 0.15) is 5.75 Å². The van der Waals surface area contributed by atoms with Crippen LogP contribution in [0, 0.1) is 0 Å². The third kappa shape index (κ3) is 1.93. The summed E-state index contributed by atoms with van der Waals surface area (Å²) in [6.45, 7) is 0.356. The van der Waals surface area contributed by atoms with Crippen molar-refractivity contribution in [1.29, 1.82) is 0 Å². The van der Waals surface area contributed by atoms with Gasteiger partial charge in [-0.25, -0.2) is 4.98 Å². The molecule has 0 amide bonds. The molecule has 1 aromatic heterocycles. The van der Waals surface area contributed by atoms with E-state index in [2.05, 4.69) is 9.72 Å². The molecule has 58 valence electrons. The lowest BCUT2D eigenvalue weighted by atomic mass is 10.4. The van der Waals surface area contributed by atoms with Gasteiger partial charge in [-0.2, -0.15) is 0 Å². The van der Waals surface area contributed by atoms with Crippen LogP contribution in [0.5, 0.6) is 11.6 Å². The summed E-state index contributed by atoms with van der Waals surface area (Å²) >= 11 is 0.